The minimum atomic E-state index is 0.308. The molecule has 2 aliphatic rings. The van der Waals surface area contributed by atoms with Gasteiger partial charge in [-0.2, -0.15) is 0 Å². The molecule has 0 amide bonds. The number of nitrogens with zero attached hydrogens (tertiary/aromatic N) is 1. The Hall–Kier alpha value is -0.380. The molecule has 100 valence electrons. The zero-order chi connectivity index (χ0) is 12.6. The van der Waals surface area contributed by atoms with Crippen molar-refractivity contribution >= 4 is 11.3 Å². The first-order chi connectivity index (χ1) is 8.65. The summed E-state index contributed by atoms with van der Waals surface area (Å²) in [5.41, 5.74) is 0.308. The molecule has 2 nitrogen and oxygen atoms in total. The minimum Gasteiger partial charge on any atom is -0.311 e. The van der Waals surface area contributed by atoms with Crippen LogP contribution in [0, 0.1) is 5.92 Å². The van der Waals surface area contributed by atoms with Gasteiger partial charge in [-0.25, -0.2) is 0 Å². The fraction of sp³-hybridized carbons (Fsp3) is 0.733. The van der Waals surface area contributed by atoms with Crippen molar-refractivity contribution in [3.63, 3.8) is 0 Å². The van der Waals surface area contributed by atoms with Crippen LogP contribution in [0.25, 0.3) is 0 Å². The normalized spacial score (nSPS) is 28.4. The van der Waals surface area contributed by atoms with E-state index in [1.165, 1.54) is 37.2 Å². The smallest absolute Gasteiger partial charge is 0.0278 e. The molecule has 1 atom stereocenters. The second-order valence-corrected chi connectivity index (χ2v) is 7.44. The van der Waals surface area contributed by atoms with E-state index < -0.39 is 0 Å². The number of hydrogen-bond donors (Lipinski definition) is 1. The van der Waals surface area contributed by atoms with Gasteiger partial charge in [-0.1, -0.05) is 6.07 Å². The molecular formula is C15H24N2S. The van der Waals surface area contributed by atoms with Crippen LogP contribution in [-0.4, -0.2) is 36.1 Å². The molecule has 3 heteroatoms. The van der Waals surface area contributed by atoms with Crippen LogP contribution in [0.3, 0.4) is 0 Å². The number of hydrogen-bond acceptors (Lipinski definition) is 3. The molecule has 1 aliphatic heterocycles. The highest BCUT2D eigenvalue weighted by Gasteiger charge is 2.39. The SMILES string of the molecule is CC1(C)CNC(C2CC2)CN1CCc1cccs1. The van der Waals surface area contributed by atoms with Crippen molar-refractivity contribution in [2.45, 2.75) is 44.7 Å². The van der Waals surface area contributed by atoms with E-state index in [0.29, 0.717) is 5.54 Å². The van der Waals surface area contributed by atoms with E-state index in [9.17, 15) is 0 Å². The van der Waals surface area contributed by atoms with E-state index in [1.807, 2.05) is 11.3 Å². The number of piperazine rings is 1. The predicted molar refractivity (Wildman–Crippen MR) is 78.2 cm³/mol. The van der Waals surface area contributed by atoms with Crippen LogP contribution < -0.4 is 5.32 Å². The zero-order valence-corrected chi connectivity index (χ0v) is 12.3. The van der Waals surface area contributed by atoms with Crippen LogP contribution in [0.5, 0.6) is 0 Å². The van der Waals surface area contributed by atoms with Crippen LogP contribution in [-0.2, 0) is 6.42 Å². The standard InChI is InChI=1S/C15H24N2S/c1-15(2)11-16-14(12-5-6-12)10-17(15)8-7-13-4-3-9-18-13/h3-4,9,12,14,16H,5-8,10-11H2,1-2H3. The average Bonchev–Trinajstić information content (AvgIpc) is 3.04. The summed E-state index contributed by atoms with van der Waals surface area (Å²) in [5, 5.41) is 5.94. The van der Waals surface area contributed by atoms with E-state index in [0.717, 1.165) is 18.5 Å². The fourth-order valence-corrected chi connectivity index (χ4v) is 3.65. The summed E-state index contributed by atoms with van der Waals surface area (Å²) >= 11 is 1.89. The Kier molecular flexibility index (Phi) is 3.48. The van der Waals surface area contributed by atoms with Gasteiger partial charge in [-0.05, 0) is 50.5 Å². The van der Waals surface area contributed by atoms with E-state index in [2.05, 4.69) is 41.6 Å². The van der Waals surface area contributed by atoms with Crippen molar-refractivity contribution in [3.05, 3.63) is 22.4 Å². The molecule has 1 aliphatic carbocycles. The lowest BCUT2D eigenvalue weighted by atomic mass is 9.95. The molecule has 0 bridgehead atoms. The molecule has 0 radical (unpaired) electrons. The maximum Gasteiger partial charge on any atom is 0.0278 e. The summed E-state index contributed by atoms with van der Waals surface area (Å²) in [6.45, 7) is 8.33. The van der Waals surface area contributed by atoms with Gasteiger partial charge in [-0.15, -0.1) is 11.3 Å². The first kappa shape index (κ1) is 12.6. The van der Waals surface area contributed by atoms with Crippen LogP contribution >= 0.6 is 11.3 Å². The van der Waals surface area contributed by atoms with Gasteiger partial charge < -0.3 is 5.32 Å². The summed E-state index contributed by atoms with van der Waals surface area (Å²) in [5.74, 6) is 0.963. The molecule has 1 unspecified atom stereocenters. The molecule has 2 heterocycles. The van der Waals surface area contributed by atoms with E-state index in [1.54, 1.807) is 0 Å². The van der Waals surface area contributed by atoms with E-state index in [-0.39, 0.29) is 0 Å². The monoisotopic (exact) mass is 264 g/mol. The molecule has 1 aromatic rings. The van der Waals surface area contributed by atoms with Crippen molar-refractivity contribution in [2.75, 3.05) is 19.6 Å². The third kappa shape index (κ3) is 2.79. The number of thiophene rings is 1. The average molecular weight is 264 g/mol. The third-order valence-corrected chi connectivity index (χ3v) is 5.41. The number of rotatable bonds is 4. The quantitative estimate of drug-likeness (QED) is 0.899. The van der Waals surface area contributed by atoms with Gasteiger partial charge in [0.15, 0.2) is 0 Å². The maximum atomic E-state index is 3.76. The molecule has 18 heavy (non-hydrogen) atoms. The lowest BCUT2D eigenvalue weighted by Gasteiger charge is -2.46. The molecule has 0 aromatic carbocycles. The van der Waals surface area contributed by atoms with Crippen molar-refractivity contribution in [2.24, 2.45) is 5.92 Å². The molecule has 1 saturated heterocycles. The Morgan fingerprint density at radius 3 is 2.94 bits per heavy atom. The second kappa shape index (κ2) is 4.95. The molecule has 1 saturated carbocycles. The molecule has 3 rings (SSSR count). The van der Waals surface area contributed by atoms with Gasteiger partial charge in [0.05, 0.1) is 0 Å². The topological polar surface area (TPSA) is 15.3 Å². The van der Waals surface area contributed by atoms with Gasteiger partial charge in [0.2, 0.25) is 0 Å². The van der Waals surface area contributed by atoms with Crippen molar-refractivity contribution in [3.8, 4) is 0 Å². The van der Waals surface area contributed by atoms with Crippen molar-refractivity contribution < 1.29 is 0 Å². The van der Waals surface area contributed by atoms with Gasteiger partial charge in [0.25, 0.3) is 0 Å². The third-order valence-electron chi connectivity index (χ3n) is 4.47. The number of nitrogens with one attached hydrogen (secondary N) is 1. The Morgan fingerprint density at radius 2 is 2.28 bits per heavy atom. The van der Waals surface area contributed by atoms with Gasteiger partial charge >= 0.3 is 0 Å². The summed E-state index contributed by atoms with van der Waals surface area (Å²) in [7, 11) is 0. The van der Waals surface area contributed by atoms with E-state index >= 15 is 0 Å². The Morgan fingerprint density at radius 1 is 1.44 bits per heavy atom. The fourth-order valence-electron chi connectivity index (χ4n) is 2.95. The summed E-state index contributed by atoms with van der Waals surface area (Å²) in [4.78, 5) is 4.22. The highest BCUT2D eigenvalue weighted by molar-refractivity contribution is 7.09. The van der Waals surface area contributed by atoms with Crippen LogP contribution in [0.2, 0.25) is 0 Å². The second-order valence-electron chi connectivity index (χ2n) is 6.41. The van der Waals surface area contributed by atoms with Crippen LogP contribution in [0.15, 0.2) is 17.5 Å². The summed E-state index contributed by atoms with van der Waals surface area (Å²) in [6, 6.07) is 5.18. The maximum absolute atomic E-state index is 3.76. The Bertz CT molecular complexity index is 381. The van der Waals surface area contributed by atoms with Gasteiger partial charge in [-0.3, -0.25) is 4.90 Å². The highest BCUT2D eigenvalue weighted by atomic mass is 32.1. The summed E-state index contributed by atoms with van der Waals surface area (Å²) < 4.78 is 0. The van der Waals surface area contributed by atoms with Gasteiger partial charge in [0.1, 0.15) is 0 Å². The van der Waals surface area contributed by atoms with Crippen LogP contribution in [0.4, 0.5) is 0 Å². The summed E-state index contributed by atoms with van der Waals surface area (Å²) in [6.07, 6.45) is 4.09. The minimum absolute atomic E-state index is 0.308. The molecule has 1 N–H and O–H groups in total. The Balaban J connectivity index is 1.59. The van der Waals surface area contributed by atoms with Crippen molar-refractivity contribution in [1.82, 2.24) is 10.2 Å². The largest absolute Gasteiger partial charge is 0.311 e. The molecular weight excluding hydrogens is 240 g/mol. The first-order valence-electron chi connectivity index (χ1n) is 7.16. The lowest BCUT2D eigenvalue weighted by Crippen LogP contribution is -2.62. The molecule has 1 aromatic heterocycles. The highest BCUT2D eigenvalue weighted by Crippen LogP contribution is 2.35. The Labute approximate surface area is 114 Å². The zero-order valence-electron chi connectivity index (χ0n) is 11.5. The van der Waals surface area contributed by atoms with E-state index in [4.69, 9.17) is 0 Å². The van der Waals surface area contributed by atoms with Gasteiger partial charge in [0, 0.05) is 36.1 Å². The van der Waals surface area contributed by atoms with Crippen molar-refractivity contribution in [1.29, 1.82) is 0 Å². The molecule has 0 spiro atoms. The predicted octanol–water partition coefficient (Wildman–Crippen LogP) is 2.75. The first-order valence-corrected chi connectivity index (χ1v) is 8.04. The van der Waals surface area contributed by atoms with Crippen LogP contribution in [0.1, 0.15) is 31.6 Å². The lowest BCUT2D eigenvalue weighted by molar-refractivity contribution is 0.0621. The molecule has 2 fully saturated rings.